The van der Waals surface area contributed by atoms with Crippen LogP contribution >= 0.6 is 0 Å². The Bertz CT molecular complexity index is 2140. The van der Waals surface area contributed by atoms with Crippen LogP contribution in [-0.2, 0) is 23.8 Å². The highest BCUT2D eigenvalue weighted by molar-refractivity contribution is 6.23. The van der Waals surface area contributed by atoms with Gasteiger partial charge in [0.05, 0.1) is 53.0 Å². The Labute approximate surface area is 369 Å². The number of hydrogen-bond acceptors (Lipinski definition) is 15. The van der Waals surface area contributed by atoms with Gasteiger partial charge in [-0.3, -0.25) is 24.3 Å². The number of aliphatic hydroxyl groups is 2. The molecule has 5 bridgehead atoms. The normalized spacial score (nSPS) is 32.1. The van der Waals surface area contributed by atoms with E-state index in [0.29, 0.717) is 32.0 Å². The molecule has 0 spiro atoms. The summed E-state index contributed by atoms with van der Waals surface area (Å²) < 4.78 is 23.8. The van der Waals surface area contributed by atoms with Crippen molar-refractivity contribution in [3.05, 3.63) is 40.7 Å². The van der Waals surface area contributed by atoms with Crippen LogP contribution in [0.1, 0.15) is 108 Å². The molecule has 1 saturated heterocycles. The maximum Gasteiger partial charge on any atom is 0.312 e. The number of fused-ring (bicyclic) bond motifs is 15. The van der Waals surface area contributed by atoms with Crippen LogP contribution in [0.5, 0.6) is 23.0 Å². The van der Waals surface area contributed by atoms with Crippen LogP contribution in [0.15, 0.2) is 29.1 Å². The molecule has 0 radical (unpaired) electrons. The van der Waals surface area contributed by atoms with Gasteiger partial charge in [0.1, 0.15) is 23.4 Å². The van der Waals surface area contributed by atoms with E-state index in [1.807, 2.05) is 11.9 Å². The number of nitrogens with zero attached hydrogens (tertiary/aromatic N) is 3. The first-order valence-corrected chi connectivity index (χ1v) is 22.2. The summed E-state index contributed by atoms with van der Waals surface area (Å²) in [4.78, 5) is 43.3. The molecule has 0 aromatic heterocycles. The van der Waals surface area contributed by atoms with Gasteiger partial charge in [0.2, 0.25) is 0 Å². The summed E-state index contributed by atoms with van der Waals surface area (Å²) in [5, 5.41) is 67.7. The molecule has 0 unspecified atom stereocenters. The number of phenolic OH excluding ortho intramolecular Hbond substituents is 3. The molecule has 16 nitrogen and oxygen atoms in total. The number of aromatic hydroxyl groups is 3. The minimum atomic E-state index is -2.04. The van der Waals surface area contributed by atoms with Crippen LogP contribution in [-0.4, -0.2) is 129 Å². The average Bonchev–Trinajstić information content (AvgIpc) is 3.89. The van der Waals surface area contributed by atoms with Crippen molar-refractivity contribution in [1.82, 2.24) is 9.91 Å². The van der Waals surface area contributed by atoms with Crippen LogP contribution < -0.4 is 10.1 Å². The first-order valence-electron chi connectivity index (χ1n) is 22.2. The quantitative estimate of drug-likeness (QED) is 0.0896. The second-order valence-corrected chi connectivity index (χ2v) is 18.1. The fraction of sp³-hybridized carbons (Fsp3) is 0.617. The van der Waals surface area contributed by atoms with Crippen LogP contribution in [0, 0.1) is 30.6 Å². The van der Waals surface area contributed by atoms with Gasteiger partial charge >= 0.3 is 11.8 Å². The molecule has 7 rings (SSSR count). The Balaban J connectivity index is 1.45. The molecule has 1 amide bonds. The van der Waals surface area contributed by atoms with Gasteiger partial charge in [-0.25, -0.2) is 0 Å². The van der Waals surface area contributed by atoms with Gasteiger partial charge in [-0.1, -0.05) is 46.6 Å². The molecule has 5 aliphatic rings. The molecule has 2 aromatic carbocycles. The fourth-order valence-corrected chi connectivity index (χ4v) is 9.77. The van der Waals surface area contributed by atoms with Gasteiger partial charge in [0.25, 0.3) is 11.7 Å². The number of ether oxygens (including phenoxy) is 4. The lowest BCUT2D eigenvalue weighted by Crippen LogP contribution is -2.47. The number of aliphatic hydroxyl groups excluding tert-OH is 2. The first kappa shape index (κ1) is 47.6. The molecule has 4 aliphatic heterocycles. The third-order valence-electron chi connectivity index (χ3n) is 13.9. The number of allylic oxidation sites excluding steroid dienone is 1. The topological polar surface area (TPSA) is 220 Å². The molecule has 4 heterocycles. The lowest BCUT2D eigenvalue weighted by atomic mass is 9.78. The first-order chi connectivity index (χ1) is 29.8. The van der Waals surface area contributed by atoms with Gasteiger partial charge in [0, 0.05) is 87.5 Å². The standard InChI is InChI=1S/C47H66N4O12/c1-24-13-12-14-25(2)46(59)49-37-32(23-48-51-20-18-50(19-21-51)31-15-10-11-16-31)41(56)34-35(42(37)57)40(55)29(6)44-36(34)45(58)47(8,63-44)61-22-17-33(60-9)26(3)43(62-30(7)52)28(5)39(54)27(4)38(24)53/h14,17,22-24,26-28,31,33,38-39,43,53-57H,10-13,15-16,18-21H2,1-9H3,(H,49,59)/b22-17+,25-14-,48-23+/t24-,26+,27+,28+,33-,38-,39+,43+,47-/m0/s1. The second-order valence-electron chi connectivity index (χ2n) is 18.1. The lowest BCUT2D eigenvalue weighted by molar-refractivity contribution is -0.160. The number of phenols is 3. The number of anilines is 1. The molecular weight excluding hydrogens is 813 g/mol. The van der Waals surface area contributed by atoms with E-state index < -0.39 is 82.9 Å². The van der Waals surface area contributed by atoms with E-state index in [4.69, 9.17) is 24.0 Å². The highest BCUT2D eigenvalue weighted by Crippen LogP contribution is 2.55. The van der Waals surface area contributed by atoms with Crippen molar-refractivity contribution in [2.24, 2.45) is 28.8 Å². The largest absolute Gasteiger partial charge is 0.507 e. The number of nitrogens with one attached hydrogen (secondary N) is 1. The summed E-state index contributed by atoms with van der Waals surface area (Å²) in [6.45, 7) is 15.6. The fourth-order valence-electron chi connectivity index (χ4n) is 9.77. The Morgan fingerprint density at radius 1 is 0.921 bits per heavy atom. The predicted octanol–water partition coefficient (Wildman–Crippen LogP) is 5.87. The van der Waals surface area contributed by atoms with Crippen LogP contribution in [0.3, 0.4) is 0 Å². The lowest BCUT2D eigenvalue weighted by Gasteiger charge is -2.38. The van der Waals surface area contributed by atoms with E-state index in [-0.39, 0.29) is 50.4 Å². The van der Waals surface area contributed by atoms with Gasteiger partial charge < -0.3 is 49.8 Å². The number of carbonyl (C=O) groups excluding carboxylic acids is 3. The molecule has 9 atom stereocenters. The zero-order valence-corrected chi connectivity index (χ0v) is 38.0. The molecule has 1 aliphatic carbocycles. The third kappa shape index (κ3) is 9.50. The summed E-state index contributed by atoms with van der Waals surface area (Å²) in [6, 6.07) is 0.558. The summed E-state index contributed by atoms with van der Waals surface area (Å²) >= 11 is 0. The molecule has 16 heteroatoms. The molecule has 6 N–H and O–H groups in total. The number of esters is 1. The van der Waals surface area contributed by atoms with Crippen molar-refractivity contribution in [1.29, 1.82) is 0 Å². The molecule has 1 saturated carbocycles. The maximum atomic E-state index is 14.5. The van der Waals surface area contributed by atoms with Crippen molar-refractivity contribution in [2.45, 2.75) is 130 Å². The Morgan fingerprint density at radius 3 is 2.22 bits per heavy atom. The Hall–Kier alpha value is -4.90. The number of hydrazone groups is 1. The smallest absolute Gasteiger partial charge is 0.312 e. The number of benzene rings is 2. The number of methoxy groups -OCH3 is 1. The van der Waals surface area contributed by atoms with E-state index in [2.05, 4.69) is 10.2 Å². The molecule has 346 valence electrons. The SMILES string of the molecule is CO[C@H]1/C=C/O[C@@]2(C)Oc3c(C)c(O)c4c(O)c(c(/C=N/N5CCN(C6CCCC6)CC5)c(O)c4c3C2=O)NC(=O)/C(C)=C\CC[C@H](C)[C@H](O)[C@@H](C)[C@@H](O)[C@@H](C)[C@H](OC(C)=O)[C@@H]1C. The summed E-state index contributed by atoms with van der Waals surface area (Å²) in [5.74, 6) is -7.88. The zero-order valence-electron chi connectivity index (χ0n) is 38.0. The second kappa shape index (κ2) is 19.5. The van der Waals surface area contributed by atoms with Crippen molar-refractivity contribution in [2.75, 3.05) is 38.6 Å². The predicted molar refractivity (Wildman–Crippen MR) is 237 cm³/mol. The number of carbonyl (C=O) groups is 3. The van der Waals surface area contributed by atoms with Crippen molar-refractivity contribution in [3.8, 4) is 23.0 Å². The van der Waals surface area contributed by atoms with Crippen LogP contribution in [0.4, 0.5) is 5.69 Å². The third-order valence-corrected chi connectivity index (χ3v) is 13.9. The summed E-state index contributed by atoms with van der Waals surface area (Å²) in [7, 11) is 1.45. The summed E-state index contributed by atoms with van der Waals surface area (Å²) in [5.41, 5.74) is -0.145. The maximum absolute atomic E-state index is 14.5. The van der Waals surface area contributed by atoms with E-state index in [9.17, 15) is 39.9 Å². The van der Waals surface area contributed by atoms with Crippen molar-refractivity contribution in [3.63, 3.8) is 0 Å². The Kier molecular flexibility index (Phi) is 14.7. The number of rotatable bonds is 5. The molecular formula is C47H66N4O12. The minimum absolute atomic E-state index is 0.0722. The van der Waals surface area contributed by atoms with E-state index in [1.165, 1.54) is 72.1 Å². The van der Waals surface area contributed by atoms with Gasteiger partial charge in [-0.05, 0) is 51.5 Å². The van der Waals surface area contributed by atoms with E-state index in [0.717, 1.165) is 13.1 Å². The Morgan fingerprint density at radius 2 is 1.59 bits per heavy atom. The molecule has 2 aromatic rings. The number of amides is 1. The molecule has 2 fully saturated rings. The van der Waals surface area contributed by atoms with Crippen LogP contribution in [0.2, 0.25) is 0 Å². The summed E-state index contributed by atoms with van der Waals surface area (Å²) in [6.07, 6.45) is 7.67. The minimum Gasteiger partial charge on any atom is -0.507 e. The highest BCUT2D eigenvalue weighted by atomic mass is 16.7. The monoisotopic (exact) mass is 878 g/mol. The number of piperazine rings is 1. The van der Waals surface area contributed by atoms with Gasteiger partial charge in [-0.15, -0.1) is 0 Å². The van der Waals surface area contributed by atoms with Gasteiger partial charge in [-0.2, -0.15) is 5.10 Å². The number of hydrogen-bond donors (Lipinski definition) is 6. The average molecular weight is 879 g/mol. The van der Waals surface area contributed by atoms with Crippen molar-refractivity contribution < 1.29 is 58.9 Å². The zero-order chi connectivity index (χ0) is 46.1. The van der Waals surface area contributed by atoms with Gasteiger partial charge in [0.15, 0.2) is 5.75 Å². The van der Waals surface area contributed by atoms with Crippen molar-refractivity contribution >= 4 is 40.3 Å². The number of Topliss-reactive ketones (excluding diaryl/α,β-unsaturated/α-hetero) is 1. The molecule has 63 heavy (non-hydrogen) atoms. The van der Waals surface area contributed by atoms with Crippen LogP contribution in [0.25, 0.3) is 10.8 Å². The number of ketones is 1. The highest BCUT2D eigenvalue weighted by Gasteiger charge is 2.50. The van der Waals surface area contributed by atoms with E-state index in [1.54, 1.807) is 33.8 Å². The van der Waals surface area contributed by atoms with E-state index >= 15 is 0 Å².